The van der Waals surface area contributed by atoms with Gasteiger partial charge in [-0.1, -0.05) is 28.0 Å². The fourth-order valence-corrected chi connectivity index (χ4v) is 4.73. The molecule has 2 amide bonds. The number of hydrogen-bond donors (Lipinski definition) is 2. The highest BCUT2D eigenvalue weighted by molar-refractivity contribution is 8.77. The van der Waals surface area contributed by atoms with Crippen molar-refractivity contribution in [2.45, 2.75) is 37.4 Å². The fourth-order valence-electron chi connectivity index (χ4n) is 1.71. The largest absolute Gasteiger partial charge is 0.469 e. The maximum atomic E-state index is 11.4. The van der Waals surface area contributed by atoms with Crippen molar-refractivity contribution in [2.75, 3.05) is 26.0 Å². The first kappa shape index (κ1) is 16.5. The molecule has 0 aromatic carbocycles. The number of esters is 1. The molecule has 2 N–H and O–H groups in total. The van der Waals surface area contributed by atoms with E-state index >= 15 is 0 Å². The van der Waals surface area contributed by atoms with Crippen LogP contribution in [0.5, 0.6) is 0 Å². The number of nitrogens with one attached hydrogen (secondary N) is 2. The van der Waals surface area contributed by atoms with E-state index in [0.29, 0.717) is 13.1 Å². The lowest BCUT2D eigenvalue weighted by Crippen LogP contribution is -2.37. The average Bonchev–Trinajstić information content (AvgIpc) is 2.91. The Bertz CT molecular complexity index is 284. The molecule has 7 heteroatoms. The minimum atomic E-state index is -0.313. The van der Waals surface area contributed by atoms with Crippen LogP contribution in [-0.2, 0) is 9.53 Å². The molecule has 0 bridgehead atoms. The summed E-state index contributed by atoms with van der Waals surface area (Å²) in [6.07, 6.45) is 4.92. The van der Waals surface area contributed by atoms with Crippen molar-refractivity contribution in [1.29, 1.82) is 0 Å². The highest BCUT2D eigenvalue weighted by Crippen LogP contribution is 2.39. The van der Waals surface area contributed by atoms with E-state index in [2.05, 4.69) is 15.4 Å². The highest BCUT2D eigenvalue weighted by atomic mass is 33.1. The van der Waals surface area contributed by atoms with Gasteiger partial charge in [-0.25, -0.2) is 4.79 Å². The van der Waals surface area contributed by atoms with E-state index in [9.17, 15) is 9.59 Å². The SMILES string of the molecule is COC(=O)CCNC(=O)NCCCC[C@H]1CCSS1. The van der Waals surface area contributed by atoms with Gasteiger partial charge in [-0.05, 0) is 19.3 Å². The summed E-state index contributed by atoms with van der Waals surface area (Å²) in [7, 11) is 5.30. The van der Waals surface area contributed by atoms with Crippen LogP contribution in [0.3, 0.4) is 0 Å². The molecule has 1 aliphatic rings. The molecule has 19 heavy (non-hydrogen) atoms. The maximum Gasteiger partial charge on any atom is 0.314 e. The van der Waals surface area contributed by atoms with Gasteiger partial charge in [0.1, 0.15) is 0 Å². The summed E-state index contributed by atoms with van der Waals surface area (Å²) in [6, 6.07) is -0.213. The van der Waals surface area contributed by atoms with Crippen LogP contribution in [0, 0.1) is 0 Å². The Morgan fingerprint density at radius 2 is 2.05 bits per heavy atom. The number of ether oxygens (including phenoxy) is 1. The topological polar surface area (TPSA) is 67.4 Å². The quantitative estimate of drug-likeness (QED) is 0.409. The summed E-state index contributed by atoms with van der Waals surface area (Å²) in [4.78, 5) is 22.2. The Morgan fingerprint density at radius 3 is 2.74 bits per heavy atom. The van der Waals surface area contributed by atoms with E-state index in [4.69, 9.17) is 0 Å². The van der Waals surface area contributed by atoms with Crippen LogP contribution < -0.4 is 10.6 Å². The first-order chi connectivity index (χ1) is 9.22. The zero-order valence-corrected chi connectivity index (χ0v) is 12.9. The van der Waals surface area contributed by atoms with Crippen molar-refractivity contribution in [1.82, 2.24) is 10.6 Å². The van der Waals surface area contributed by atoms with Gasteiger partial charge in [0.05, 0.1) is 13.5 Å². The Labute approximate surface area is 122 Å². The average molecular weight is 306 g/mol. The Kier molecular flexibility index (Phi) is 8.90. The lowest BCUT2D eigenvalue weighted by molar-refractivity contribution is -0.140. The van der Waals surface area contributed by atoms with E-state index in [0.717, 1.165) is 18.1 Å². The molecule has 1 rings (SSSR count). The van der Waals surface area contributed by atoms with Crippen LogP contribution in [0.25, 0.3) is 0 Å². The first-order valence-electron chi connectivity index (χ1n) is 6.59. The Balaban J connectivity index is 1.88. The second-order valence-corrected chi connectivity index (χ2v) is 7.12. The zero-order chi connectivity index (χ0) is 13.9. The Morgan fingerprint density at radius 1 is 1.26 bits per heavy atom. The van der Waals surface area contributed by atoms with Gasteiger partial charge >= 0.3 is 12.0 Å². The van der Waals surface area contributed by atoms with E-state index in [1.165, 1.54) is 25.7 Å². The van der Waals surface area contributed by atoms with Crippen molar-refractivity contribution < 1.29 is 14.3 Å². The molecule has 0 aromatic rings. The lowest BCUT2D eigenvalue weighted by atomic mass is 10.1. The van der Waals surface area contributed by atoms with Crippen LogP contribution in [0.15, 0.2) is 0 Å². The summed E-state index contributed by atoms with van der Waals surface area (Å²) in [5.41, 5.74) is 0. The van der Waals surface area contributed by atoms with Gasteiger partial charge in [-0.2, -0.15) is 0 Å². The molecule has 110 valence electrons. The number of hydrogen-bond acceptors (Lipinski definition) is 5. The second kappa shape index (κ2) is 10.3. The summed E-state index contributed by atoms with van der Waals surface area (Å²) >= 11 is 0. The summed E-state index contributed by atoms with van der Waals surface area (Å²) in [6.45, 7) is 1.00. The van der Waals surface area contributed by atoms with Crippen molar-refractivity contribution in [3.8, 4) is 0 Å². The summed E-state index contributed by atoms with van der Waals surface area (Å²) < 4.78 is 4.48. The summed E-state index contributed by atoms with van der Waals surface area (Å²) in [5.74, 6) is 0.961. The third-order valence-corrected chi connectivity index (χ3v) is 5.81. The van der Waals surface area contributed by atoms with Gasteiger partial charge in [0, 0.05) is 24.1 Å². The molecule has 0 aliphatic carbocycles. The standard InChI is InChI=1S/C12H22N2O3S2/c1-17-11(15)5-8-14-12(16)13-7-3-2-4-10-6-9-18-19-10/h10H,2-9H2,1H3,(H2,13,14,16)/t10-/m0/s1. The monoisotopic (exact) mass is 306 g/mol. The van der Waals surface area contributed by atoms with Crippen molar-refractivity contribution >= 4 is 33.6 Å². The molecule has 0 spiro atoms. The number of carbonyl (C=O) groups excluding carboxylic acids is 2. The first-order valence-corrected chi connectivity index (χ1v) is 8.97. The summed E-state index contributed by atoms with van der Waals surface area (Å²) in [5, 5.41) is 6.21. The van der Waals surface area contributed by atoms with Crippen LogP contribution in [0.2, 0.25) is 0 Å². The van der Waals surface area contributed by atoms with Crippen LogP contribution in [0.1, 0.15) is 32.1 Å². The third-order valence-electron chi connectivity index (χ3n) is 2.81. The molecule has 0 unspecified atom stereocenters. The number of carbonyl (C=O) groups is 2. The zero-order valence-electron chi connectivity index (χ0n) is 11.3. The number of methoxy groups -OCH3 is 1. The maximum absolute atomic E-state index is 11.4. The lowest BCUT2D eigenvalue weighted by Gasteiger charge is -2.08. The Hall–Kier alpha value is -0.560. The third kappa shape index (κ3) is 8.26. The molecule has 1 heterocycles. The predicted molar refractivity (Wildman–Crippen MR) is 80.3 cm³/mol. The number of unbranched alkanes of at least 4 members (excludes halogenated alkanes) is 1. The molecule has 1 atom stereocenters. The van der Waals surface area contributed by atoms with Crippen LogP contribution in [0.4, 0.5) is 4.79 Å². The van der Waals surface area contributed by atoms with Gasteiger partial charge in [0.15, 0.2) is 0 Å². The fraction of sp³-hybridized carbons (Fsp3) is 0.833. The highest BCUT2D eigenvalue weighted by Gasteiger charge is 2.15. The van der Waals surface area contributed by atoms with E-state index in [1.54, 1.807) is 0 Å². The van der Waals surface area contributed by atoms with Crippen LogP contribution in [-0.4, -0.2) is 43.2 Å². The second-order valence-electron chi connectivity index (χ2n) is 4.33. The van der Waals surface area contributed by atoms with Crippen molar-refractivity contribution in [2.24, 2.45) is 0 Å². The molecule has 1 fully saturated rings. The van der Waals surface area contributed by atoms with Gasteiger partial charge in [0.2, 0.25) is 0 Å². The number of rotatable bonds is 8. The van der Waals surface area contributed by atoms with Gasteiger partial charge in [-0.3, -0.25) is 4.79 Å². The van der Waals surface area contributed by atoms with Crippen LogP contribution >= 0.6 is 21.6 Å². The van der Waals surface area contributed by atoms with Gasteiger partial charge in [0.25, 0.3) is 0 Å². The van der Waals surface area contributed by atoms with Gasteiger partial charge in [-0.15, -0.1) is 0 Å². The minimum Gasteiger partial charge on any atom is -0.469 e. The van der Waals surface area contributed by atoms with Crippen molar-refractivity contribution in [3.63, 3.8) is 0 Å². The van der Waals surface area contributed by atoms with E-state index in [-0.39, 0.29) is 18.4 Å². The number of amides is 2. The molecule has 0 radical (unpaired) electrons. The smallest absolute Gasteiger partial charge is 0.314 e. The molecule has 5 nitrogen and oxygen atoms in total. The number of urea groups is 1. The minimum absolute atomic E-state index is 0.209. The molecule has 1 aliphatic heterocycles. The van der Waals surface area contributed by atoms with Gasteiger partial charge < -0.3 is 15.4 Å². The molecular weight excluding hydrogens is 284 g/mol. The van der Waals surface area contributed by atoms with E-state index < -0.39 is 0 Å². The predicted octanol–water partition coefficient (Wildman–Crippen LogP) is 2.17. The normalized spacial score (nSPS) is 18.1. The molecule has 1 saturated heterocycles. The van der Waals surface area contributed by atoms with Crippen molar-refractivity contribution in [3.05, 3.63) is 0 Å². The molecular formula is C12H22N2O3S2. The molecule has 0 saturated carbocycles. The molecule has 0 aromatic heterocycles. The van der Waals surface area contributed by atoms with E-state index in [1.807, 2.05) is 21.6 Å².